The van der Waals surface area contributed by atoms with Crippen LogP contribution in [0.3, 0.4) is 0 Å². The third-order valence-electron chi connectivity index (χ3n) is 17.6. The highest BCUT2D eigenvalue weighted by atomic mass is 16.5. The van der Waals surface area contributed by atoms with Gasteiger partial charge in [-0.1, -0.05) is 103 Å². The van der Waals surface area contributed by atoms with Crippen LogP contribution in [0.15, 0.2) is 11.6 Å². The molecule has 13 atom stereocenters. The second-order valence-electron chi connectivity index (χ2n) is 28.0. The number of aliphatic hydroxyl groups excluding tert-OH is 2. The molecule has 25 nitrogen and oxygen atoms in total. The van der Waals surface area contributed by atoms with E-state index in [1.807, 2.05) is 55.4 Å². The van der Waals surface area contributed by atoms with Gasteiger partial charge in [0.25, 0.3) is 0 Å². The number of hydrogen-bond acceptors (Lipinski definition) is 14. The predicted molar refractivity (Wildman–Crippen MR) is 348 cm³/mol. The average molecular weight is 1290 g/mol. The topological polar surface area (TPSA) is 308 Å². The minimum Gasteiger partial charge on any atom is -0.392 e. The summed E-state index contributed by atoms with van der Waals surface area (Å²) in [5.41, 5.74) is 0.690. The quantitative estimate of drug-likeness (QED) is 0.114. The standard InChI is InChI=1S/C66H117N11O14/c1-24-46-62(86)71(17)35-52(79)72(18)47(30-36(2)3)59(83)70-53(40(10)11)65(89)73(19)48(31-37(4)5)58(82)67-43(15)57(81)68-44(16)61(85)74(20)49(32-38(6)7)63(87)75(21)50(33-39(8)9)64(88)76(22)54(41(12)13)66(90)77(23)55(60(84)69-46)56(80)42(14)34-45(27-28-78)51-26-25-29-91-51/h27,36-44,46-51,53-56,78,80H,24-26,28-35H2,1-23H3,(H,67,82)(H,68,81)(H,69,84)(H,70,83)/b45-27-/t42-,43+,44-,46+,47+,48+,49+,50+,51?,53+,54+,55+,56-/m1/s1. The Hall–Kier alpha value is -6.21. The molecule has 0 aromatic rings. The number of rotatable bonds is 17. The average Bonchev–Trinajstić information content (AvgIpc) is 1.09. The molecule has 11 amide bonds. The van der Waals surface area contributed by atoms with Crippen molar-refractivity contribution >= 4 is 65.0 Å². The summed E-state index contributed by atoms with van der Waals surface area (Å²) >= 11 is 0. The van der Waals surface area contributed by atoms with Crippen molar-refractivity contribution in [3.63, 3.8) is 0 Å². The maximum absolute atomic E-state index is 15.4. The van der Waals surface area contributed by atoms with Gasteiger partial charge in [-0.25, -0.2) is 0 Å². The Bertz CT molecular complexity index is 2520. The zero-order valence-electron chi connectivity index (χ0n) is 59.2. The van der Waals surface area contributed by atoms with Crippen molar-refractivity contribution in [3.05, 3.63) is 11.6 Å². The third-order valence-corrected chi connectivity index (χ3v) is 17.6. The van der Waals surface area contributed by atoms with Gasteiger partial charge in [0.05, 0.1) is 25.4 Å². The maximum atomic E-state index is 15.4. The molecule has 0 radical (unpaired) electrons. The minimum absolute atomic E-state index is 0.0150. The van der Waals surface area contributed by atoms with Gasteiger partial charge in [0.15, 0.2) is 0 Å². The fraction of sp³-hybridized carbons (Fsp3) is 0.803. The highest BCUT2D eigenvalue weighted by Crippen LogP contribution is 2.30. The normalized spacial score (nSPS) is 27.7. The highest BCUT2D eigenvalue weighted by Gasteiger charge is 2.46. The Morgan fingerprint density at radius 3 is 1.43 bits per heavy atom. The molecule has 0 bridgehead atoms. The molecule has 0 saturated carbocycles. The van der Waals surface area contributed by atoms with Gasteiger partial charge in [0.2, 0.25) is 65.0 Å². The van der Waals surface area contributed by atoms with E-state index < -0.39 is 156 Å². The van der Waals surface area contributed by atoms with Gasteiger partial charge in [-0.05, 0) is 112 Å². The van der Waals surface area contributed by atoms with E-state index in [9.17, 15) is 43.8 Å². The summed E-state index contributed by atoms with van der Waals surface area (Å²) in [5.74, 6) is -10.3. The Balaban J connectivity index is 3.01. The van der Waals surface area contributed by atoms with Crippen LogP contribution in [-0.4, -0.2) is 251 Å². The van der Waals surface area contributed by atoms with Crippen LogP contribution in [0.4, 0.5) is 0 Å². The number of carbonyl (C=O) groups excluding carboxylic acids is 11. The van der Waals surface area contributed by atoms with Crippen LogP contribution < -0.4 is 21.3 Å². The van der Waals surface area contributed by atoms with Gasteiger partial charge in [-0.3, -0.25) is 52.7 Å². The van der Waals surface area contributed by atoms with E-state index in [-0.39, 0.29) is 74.9 Å². The van der Waals surface area contributed by atoms with Crippen molar-refractivity contribution in [3.8, 4) is 0 Å². The first kappa shape index (κ1) is 80.9. The van der Waals surface area contributed by atoms with Crippen LogP contribution >= 0.6 is 0 Å². The summed E-state index contributed by atoms with van der Waals surface area (Å²) in [4.78, 5) is 170. The molecule has 0 aromatic heterocycles. The maximum Gasteiger partial charge on any atom is 0.246 e. The lowest BCUT2D eigenvalue weighted by Crippen LogP contribution is -2.63. The monoisotopic (exact) mass is 1290 g/mol. The molecule has 0 aromatic carbocycles. The smallest absolute Gasteiger partial charge is 0.246 e. The number of ether oxygens (including phenoxy) is 1. The van der Waals surface area contributed by atoms with Crippen LogP contribution in [0.25, 0.3) is 0 Å². The van der Waals surface area contributed by atoms with Crippen LogP contribution in [0, 0.1) is 41.4 Å². The lowest BCUT2D eigenvalue weighted by atomic mass is 9.87. The predicted octanol–water partition coefficient (Wildman–Crippen LogP) is 2.79. The molecule has 2 aliphatic rings. The Labute approximate surface area is 543 Å². The summed E-state index contributed by atoms with van der Waals surface area (Å²) in [6.45, 7) is 27.5. The molecule has 2 heterocycles. The molecule has 2 fully saturated rings. The van der Waals surface area contributed by atoms with Crippen molar-refractivity contribution in [1.29, 1.82) is 0 Å². The zero-order valence-corrected chi connectivity index (χ0v) is 59.2. The van der Waals surface area contributed by atoms with Crippen molar-refractivity contribution in [2.75, 3.05) is 69.1 Å². The van der Waals surface area contributed by atoms with Crippen molar-refractivity contribution in [2.24, 2.45) is 41.4 Å². The fourth-order valence-corrected chi connectivity index (χ4v) is 12.0. The lowest BCUT2D eigenvalue weighted by Gasteiger charge is -2.41. The number of nitrogens with one attached hydrogen (secondary N) is 4. The number of nitrogens with zero attached hydrogens (tertiary/aromatic N) is 7. The van der Waals surface area contributed by atoms with E-state index >= 15 is 19.2 Å². The van der Waals surface area contributed by atoms with Gasteiger partial charge in [0, 0.05) is 55.9 Å². The van der Waals surface area contributed by atoms with Crippen molar-refractivity contribution in [2.45, 2.75) is 235 Å². The fourth-order valence-electron chi connectivity index (χ4n) is 12.0. The number of amides is 11. The molecular weight excluding hydrogens is 1170 g/mol. The molecule has 6 N–H and O–H groups in total. The number of carbonyl (C=O) groups is 11. The SMILES string of the molecule is CC[C@@H]1NC(=O)[C@H]([C@H](O)[C@H](C)C/C(=C/CO)C2CCCO2)N(C)C(=O)[C@H](C(C)C)N(C)C(=O)[C@H](CC(C)C)N(C)C(=O)[C@H](CC(C)C)N(C)C(=O)[C@@H](C)NC(=O)[C@H](C)NC(=O)[C@H](CC(C)C)N(C)C(=O)[C@H](C(C)C)NC(=O)[C@H](CC(C)C)N(C)C(=O)CN(C)C1=O. The first-order chi connectivity index (χ1) is 42.2. The van der Waals surface area contributed by atoms with Gasteiger partial charge in [-0.2, -0.15) is 0 Å². The van der Waals surface area contributed by atoms with Crippen LogP contribution in [0.1, 0.15) is 162 Å². The number of hydrogen-bond donors (Lipinski definition) is 6. The Morgan fingerprint density at radius 2 is 0.967 bits per heavy atom. The lowest BCUT2D eigenvalue weighted by molar-refractivity contribution is -0.157. The molecular formula is C66H117N11O14. The van der Waals surface area contributed by atoms with E-state index in [4.69, 9.17) is 4.74 Å². The van der Waals surface area contributed by atoms with Crippen LogP contribution in [0.5, 0.6) is 0 Å². The second kappa shape index (κ2) is 36.9. The molecule has 91 heavy (non-hydrogen) atoms. The van der Waals surface area contributed by atoms with E-state index in [2.05, 4.69) is 21.3 Å². The zero-order chi connectivity index (χ0) is 70.0. The minimum atomic E-state index is -1.71. The summed E-state index contributed by atoms with van der Waals surface area (Å²) in [5, 5.41) is 33.6. The van der Waals surface area contributed by atoms with Gasteiger partial charge >= 0.3 is 0 Å². The number of aliphatic hydroxyl groups is 2. The van der Waals surface area contributed by atoms with E-state index in [0.29, 0.717) is 18.6 Å². The largest absolute Gasteiger partial charge is 0.392 e. The summed E-state index contributed by atoms with van der Waals surface area (Å²) in [7, 11) is 9.85. The molecule has 25 heteroatoms. The molecule has 2 rings (SSSR count). The molecule has 0 aliphatic carbocycles. The van der Waals surface area contributed by atoms with E-state index in [1.54, 1.807) is 47.6 Å². The molecule has 1 unspecified atom stereocenters. The van der Waals surface area contributed by atoms with E-state index in [0.717, 1.165) is 16.2 Å². The van der Waals surface area contributed by atoms with Crippen molar-refractivity contribution < 1.29 is 67.7 Å². The van der Waals surface area contributed by atoms with E-state index in [1.165, 1.54) is 87.7 Å². The molecule has 2 saturated heterocycles. The molecule has 0 spiro atoms. The summed E-state index contributed by atoms with van der Waals surface area (Å²) in [6.07, 6.45) is 1.71. The Kier molecular flexibility index (Phi) is 32.8. The number of likely N-dealkylation sites (N-methyl/N-ethyl adjacent to an activating group) is 7. The van der Waals surface area contributed by atoms with Crippen LogP contribution in [-0.2, 0) is 57.5 Å². The van der Waals surface area contributed by atoms with Gasteiger partial charge in [-0.15, -0.1) is 0 Å². The van der Waals surface area contributed by atoms with Crippen LogP contribution in [0.2, 0.25) is 0 Å². The highest BCUT2D eigenvalue weighted by molar-refractivity contribution is 5.99. The Morgan fingerprint density at radius 1 is 0.516 bits per heavy atom. The first-order valence-electron chi connectivity index (χ1n) is 32.8. The first-order valence-corrected chi connectivity index (χ1v) is 32.8. The van der Waals surface area contributed by atoms with Gasteiger partial charge < -0.3 is 70.5 Å². The third kappa shape index (κ3) is 22.5. The summed E-state index contributed by atoms with van der Waals surface area (Å²) < 4.78 is 5.95. The second-order valence-corrected chi connectivity index (χ2v) is 28.0. The molecule has 520 valence electrons. The van der Waals surface area contributed by atoms with Gasteiger partial charge in [0.1, 0.15) is 60.4 Å². The molecule has 2 aliphatic heterocycles. The summed E-state index contributed by atoms with van der Waals surface area (Å²) in [6, 6.07) is -12.7. The van der Waals surface area contributed by atoms with Crippen molar-refractivity contribution in [1.82, 2.24) is 55.6 Å².